The zero-order valence-electron chi connectivity index (χ0n) is 19.6. The molecule has 2 aromatic rings. The van der Waals surface area contributed by atoms with E-state index in [1.54, 1.807) is 11.0 Å². The van der Waals surface area contributed by atoms with Crippen molar-refractivity contribution < 1.29 is 24.2 Å². The predicted molar refractivity (Wildman–Crippen MR) is 132 cm³/mol. The molecule has 0 aromatic heterocycles. The van der Waals surface area contributed by atoms with Gasteiger partial charge in [-0.15, -0.1) is 0 Å². The van der Waals surface area contributed by atoms with Gasteiger partial charge in [-0.25, -0.2) is 4.79 Å². The van der Waals surface area contributed by atoms with E-state index in [0.29, 0.717) is 24.5 Å². The molecule has 1 atom stereocenters. The van der Waals surface area contributed by atoms with Gasteiger partial charge >= 0.3 is 5.97 Å². The van der Waals surface area contributed by atoms with Crippen LogP contribution in [0.2, 0.25) is 0 Å². The summed E-state index contributed by atoms with van der Waals surface area (Å²) in [6, 6.07) is 14.8. The number of carbonyl (C=O) groups is 3. The number of anilines is 3. The number of hydrogen-bond donors (Lipinski definition) is 1. The number of carbonyl (C=O) groups excluding carboxylic acids is 2. The molecule has 2 aromatic carbocycles. The van der Waals surface area contributed by atoms with Crippen LogP contribution in [0.4, 0.5) is 17.1 Å². The van der Waals surface area contributed by atoms with Gasteiger partial charge in [0, 0.05) is 38.5 Å². The summed E-state index contributed by atoms with van der Waals surface area (Å²) < 4.78 is 5.72. The zero-order chi connectivity index (χ0) is 24.4. The van der Waals surface area contributed by atoms with E-state index in [1.165, 1.54) is 22.7 Å². The number of rotatable bonds is 6. The van der Waals surface area contributed by atoms with Crippen molar-refractivity contribution in [3.63, 3.8) is 0 Å². The van der Waals surface area contributed by atoms with Gasteiger partial charge in [-0.2, -0.15) is 0 Å². The molecule has 5 rings (SSSR count). The van der Waals surface area contributed by atoms with Crippen molar-refractivity contribution in [3.8, 4) is 0 Å². The number of carboxylic acid groups (broad SMARTS) is 1. The standard InChI is InChI=1S/C26H30N4O5/c31-24(17-27-10-12-28(13-11-27)20-5-2-1-3-6-20)30-18-25(32)29(16-21-7-4-14-35-21)22-9-8-19(26(33)34)15-23(22)30/h1-3,5-6,8-9,15,21H,4,7,10-14,16-18H2,(H,33,34). The van der Waals surface area contributed by atoms with Gasteiger partial charge in [0.15, 0.2) is 0 Å². The lowest BCUT2D eigenvalue weighted by atomic mass is 10.1. The van der Waals surface area contributed by atoms with Gasteiger partial charge in [0.2, 0.25) is 11.8 Å². The average Bonchev–Trinajstić information content (AvgIpc) is 3.39. The van der Waals surface area contributed by atoms with Crippen LogP contribution in [0.5, 0.6) is 0 Å². The number of ether oxygens (including phenoxy) is 1. The lowest BCUT2D eigenvalue weighted by molar-refractivity contribution is -0.123. The fraction of sp³-hybridized carbons (Fsp3) is 0.423. The Morgan fingerprint density at radius 3 is 2.46 bits per heavy atom. The van der Waals surface area contributed by atoms with Gasteiger partial charge in [0.25, 0.3) is 0 Å². The van der Waals surface area contributed by atoms with E-state index in [-0.39, 0.29) is 36.6 Å². The van der Waals surface area contributed by atoms with Crippen LogP contribution in [-0.2, 0) is 14.3 Å². The molecule has 1 unspecified atom stereocenters. The molecule has 0 spiro atoms. The van der Waals surface area contributed by atoms with Crippen LogP contribution in [0.3, 0.4) is 0 Å². The Morgan fingerprint density at radius 2 is 1.77 bits per heavy atom. The average molecular weight is 479 g/mol. The first-order valence-electron chi connectivity index (χ1n) is 12.1. The quantitative estimate of drug-likeness (QED) is 0.679. The summed E-state index contributed by atoms with van der Waals surface area (Å²) >= 11 is 0. The topological polar surface area (TPSA) is 93.6 Å². The van der Waals surface area contributed by atoms with Crippen molar-refractivity contribution in [2.24, 2.45) is 0 Å². The van der Waals surface area contributed by atoms with Crippen LogP contribution in [0, 0.1) is 0 Å². The van der Waals surface area contributed by atoms with E-state index in [0.717, 1.165) is 39.0 Å². The van der Waals surface area contributed by atoms with Crippen LogP contribution in [0.25, 0.3) is 0 Å². The monoisotopic (exact) mass is 478 g/mol. The Bertz CT molecular complexity index is 1090. The first kappa shape index (κ1) is 23.3. The van der Waals surface area contributed by atoms with Crippen LogP contribution in [0.1, 0.15) is 23.2 Å². The third-order valence-electron chi connectivity index (χ3n) is 6.96. The van der Waals surface area contributed by atoms with Gasteiger partial charge in [-0.3, -0.25) is 19.4 Å². The van der Waals surface area contributed by atoms with Crippen molar-refractivity contribution in [1.82, 2.24) is 4.90 Å². The van der Waals surface area contributed by atoms with Crippen LogP contribution >= 0.6 is 0 Å². The van der Waals surface area contributed by atoms with Crippen LogP contribution in [0.15, 0.2) is 48.5 Å². The highest BCUT2D eigenvalue weighted by atomic mass is 16.5. The number of hydrogen-bond acceptors (Lipinski definition) is 6. The number of para-hydroxylation sites is 1. The molecule has 35 heavy (non-hydrogen) atoms. The maximum atomic E-state index is 13.4. The summed E-state index contributed by atoms with van der Waals surface area (Å²) in [5.74, 6) is -1.45. The smallest absolute Gasteiger partial charge is 0.335 e. The summed E-state index contributed by atoms with van der Waals surface area (Å²) in [5.41, 5.74) is 2.28. The fourth-order valence-electron chi connectivity index (χ4n) is 5.04. The number of nitrogens with zero attached hydrogens (tertiary/aromatic N) is 4. The van der Waals surface area contributed by atoms with E-state index in [9.17, 15) is 19.5 Å². The van der Waals surface area contributed by atoms with E-state index < -0.39 is 5.97 Å². The van der Waals surface area contributed by atoms with Crippen LogP contribution in [-0.4, -0.2) is 86.3 Å². The lowest BCUT2D eigenvalue weighted by Crippen LogP contribution is -2.54. The van der Waals surface area contributed by atoms with Crippen molar-refractivity contribution >= 4 is 34.8 Å². The second-order valence-electron chi connectivity index (χ2n) is 9.23. The van der Waals surface area contributed by atoms with Crippen molar-refractivity contribution in [2.45, 2.75) is 18.9 Å². The molecule has 9 heteroatoms. The number of fused-ring (bicyclic) bond motifs is 1. The number of benzene rings is 2. The van der Waals surface area contributed by atoms with E-state index >= 15 is 0 Å². The fourth-order valence-corrected chi connectivity index (χ4v) is 5.04. The third-order valence-corrected chi connectivity index (χ3v) is 6.96. The molecule has 0 saturated carbocycles. The van der Waals surface area contributed by atoms with Gasteiger partial charge in [0.05, 0.1) is 36.1 Å². The van der Waals surface area contributed by atoms with Crippen molar-refractivity contribution in [3.05, 3.63) is 54.1 Å². The molecule has 3 heterocycles. The van der Waals surface area contributed by atoms with Gasteiger partial charge < -0.3 is 19.6 Å². The normalized spacial score (nSPS) is 20.7. The third kappa shape index (κ3) is 5.01. The van der Waals surface area contributed by atoms with E-state index in [2.05, 4.69) is 21.9 Å². The molecule has 1 N–H and O–H groups in total. The zero-order valence-corrected chi connectivity index (χ0v) is 19.6. The molecule has 0 radical (unpaired) electrons. The van der Waals surface area contributed by atoms with Gasteiger partial charge in [0.1, 0.15) is 6.54 Å². The molecular formula is C26H30N4O5. The number of piperazine rings is 1. The largest absolute Gasteiger partial charge is 0.478 e. The number of amides is 2. The number of aromatic carboxylic acids is 1. The Hall–Kier alpha value is -3.43. The highest BCUT2D eigenvalue weighted by Crippen LogP contribution is 2.36. The summed E-state index contributed by atoms with van der Waals surface area (Å²) in [6.07, 6.45) is 1.79. The van der Waals surface area contributed by atoms with E-state index in [4.69, 9.17) is 4.74 Å². The molecule has 2 saturated heterocycles. The Labute approximate surface area is 204 Å². The second kappa shape index (κ2) is 10.1. The summed E-state index contributed by atoms with van der Waals surface area (Å²) in [6.45, 7) is 4.24. The summed E-state index contributed by atoms with van der Waals surface area (Å²) in [4.78, 5) is 45.6. The minimum absolute atomic E-state index is 0.0471. The maximum absolute atomic E-state index is 13.4. The molecule has 184 valence electrons. The summed E-state index contributed by atoms with van der Waals surface area (Å²) in [7, 11) is 0. The first-order chi connectivity index (χ1) is 17.0. The molecular weight excluding hydrogens is 448 g/mol. The SMILES string of the molecule is O=C(O)c1ccc2c(c1)N(C(=O)CN1CCN(c3ccccc3)CC1)CC(=O)N2CC1CCCO1. The molecule has 2 fully saturated rings. The Balaban J connectivity index is 1.31. The molecule has 3 aliphatic heterocycles. The predicted octanol–water partition coefficient (Wildman–Crippen LogP) is 2.07. The van der Waals surface area contributed by atoms with Crippen molar-refractivity contribution in [2.75, 3.05) is 67.1 Å². The Morgan fingerprint density at radius 1 is 1.00 bits per heavy atom. The highest BCUT2D eigenvalue weighted by Gasteiger charge is 2.35. The first-order valence-corrected chi connectivity index (χ1v) is 12.1. The molecule has 2 amide bonds. The number of carboxylic acids is 1. The molecule has 0 aliphatic carbocycles. The molecule has 3 aliphatic rings. The Kier molecular flexibility index (Phi) is 6.70. The summed E-state index contributed by atoms with van der Waals surface area (Å²) in [5, 5.41) is 9.52. The minimum Gasteiger partial charge on any atom is -0.478 e. The second-order valence-corrected chi connectivity index (χ2v) is 9.23. The minimum atomic E-state index is -1.07. The highest BCUT2D eigenvalue weighted by molar-refractivity contribution is 6.12. The van der Waals surface area contributed by atoms with Crippen molar-refractivity contribution in [1.29, 1.82) is 0 Å². The van der Waals surface area contributed by atoms with Crippen LogP contribution < -0.4 is 14.7 Å². The van der Waals surface area contributed by atoms with Gasteiger partial charge in [-0.1, -0.05) is 18.2 Å². The van der Waals surface area contributed by atoms with Gasteiger partial charge in [-0.05, 0) is 43.2 Å². The van der Waals surface area contributed by atoms with E-state index in [1.807, 2.05) is 18.2 Å². The molecule has 9 nitrogen and oxygen atoms in total. The lowest BCUT2D eigenvalue weighted by Gasteiger charge is -2.39. The molecule has 0 bridgehead atoms. The maximum Gasteiger partial charge on any atom is 0.335 e.